The molecule has 0 saturated carbocycles. The van der Waals surface area contributed by atoms with Crippen LogP contribution >= 0.6 is 11.3 Å². The Bertz CT molecular complexity index is 327. The van der Waals surface area contributed by atoms with E-state index < -0.39 is 6.09 Å². The molecule has 0 saturated heterocycles. The first-order chi connectivity index (χ1) is 7.11. The molecule has 1 rings (SSSR count). The number of thiazole rings is 1. The topological polar surface area (TPSA) is 77.2 Å². The van der Waals surface area contributed by atoms with E-state index in [0.717, 1.165) is 5.69 Å². The van der Waals surface area contributed by atoms with E-state index in [1.807, 2.05) is 19.4 Å². The molecule has 0 aliphatic heterocycles. The third kappa shape index (κ3) is 3.85. The summed E-state index contributed by atoms with van der Waals surface area (Å²) in [6.07, 6.45) is -0.738. The first-order valence-corrected chi connectivity index (χ1v) is 5.55. The lowest BCUT2D eigenvalue weighted by Crippen LogP contribution is -2.25. The summed E-state index contributed by atoms with van der Waals surface area (Å²) < 4.78 is 4.60. The molecular weight excluding hydrogens is 214 g/mol. The van der Waals surface area contributed by atoms with Crippen molar-refractivity contribution in [2.45, 2.75) is 19.9 Å². The van der Waals surface area contributed by atoms with Crippen LogP contribution in [0.2, 0.25) is 0 Å². The molecule has 0 radical (unpaired) electrons. The van der Waals surface area contributed by atoms with E-state index in [9.17, 15) is 4.79 Å². The highest BCUT2D eigenvalue weighted by molar-refractivity contribution is 7.09. The number of rotatable bonds is 5. The molecule has 1 unspecified atom stereocenters. The molecule has 0 fully saturated rings. The van der Waals surface area contributed by atoms with Crippen LogP contribution in [0.3, 0.4) is 0 Å². The molecule has 0 aliphatic carbocycles. The number of carbonyl (C=O) groups excluding carboxylic acids is 1. The second-order valence-corrected chi connectivity index (χ2v) is 4.03. The number of amides is 1. The van der Waals surface area contributed by atoms with Crippen molar-refractivity contribution in [3.8, 4) is 0 Å². The standard InChI is InChI=1S/C9H15N3O2S/c1-6(8-7(2)12-5-15-8)11-3-4-14-9(10)13/h5-6,11H,3-4H2,1-2H3,(H2,10,13). The van der Waals surface area contributed by atoms with Gasteiger partial charge in [-0.1, -0.05) is 0 Å². The number of hydrogen-bond donors (Lipinski definition) is 2. The van der Waals surface area contributed by atoms with Crippen molar-refractivity contribution in [2.75, 3.05) is 13.2 Å². The molecule has 0 aliphatic rings. The van der Waals surface area contributed by atoms with Crippen molar-refractivity contribution >= 4 is 17.4 Å². The van der Waals surface area contributed by atoms with E-state index in [4.69, 9.17) is 5.73 Å². The molecule has 0 aromatic carbocycles. The average molecular weight is 229 g/mol. The zero-order chi connectivity index (χ0) is 11.3. The molecule has 0 spiro atoms. The molecule has 84 valence electrons. The summed E-state index contributed by atoms with van der Waals surface area (Å²) in [5, 5.41) is 3.22. The molecule has 1 heterocycles. The van der Waals surface area contributed by atoms with Crippen LogP contribution in [-0.4, -0.2) is 24.2 Å². The summed E-state index contributed by atoms with van der Waals surface area (Å²) in [6.45, 7) is 4.90. The molecular formula is C9H15N3O2S. The van der Waals surface area contributed by atoms with Crippen LogP contribution in [0.5, 0.6) is 0 Å². The van der Waals surface area contributed by atoms with E-state index >= 15 is 0 Å². The number of nitrogens with one attached hydrogen (secondary N) is 1. The Morgan fingerprint density at radius 1 is 1.80 bits per heavy atom. The Morgan fingerprint density at radius 3 is 3.07 bits per heavy atom. The van der Waals surface area contributed by atoms with E-state index in [2.05, 4.69) is 15.0 Å². The lowest BCUT2D eigenvalue weighted by atomic mass is 10.2. The van der Waals surface area contributed by atoms with Gasteiger partial charge in [-0.2, -0.15) is 0 Å². The zero-order valence-corrected chi connectivity index (χ0v) is 9.63. The van der Waals surface area contributed by atoms with Crippen LogP contribution in [0.1, 0.15) is 23.5 Å². The van der Waals surface area contributed by atoms with Gasteiger partial charge in [0.15, 0.2) is 0 Å². The second-order valence-electron chi connectivity index (χ2n) is 3.15. The zero-order valence-electron chi connectivity index (χ0n) is 8.82. The van der Waals surface area contributed by atoms with Crippen LogP contribution in [0.25, 0.3) is 0 Å². The fourth-order valence-electron chi connectivity index (χ4n) is 1.25. The van der Waals surface area contributed by atoms with Gasteiger partial charge in [-0.25, -0.2) is 9.78 Å². The van der Waals surface area contributed by atoms with Gasteiger partial charge in [0, 0.05) is 17.5 Å². The summed E-state index contributed by atoms with van der Waals surface area (Å²) >= 11 is 1.62. The molecule has 6 heteroatoms. The highest BCUT2D eigenvalue weighted by Crippen LogP contribution is 2.20. The van der Waals surface area contributed by atoms with Crippen molar-refractivity contribution in [1.82, 2.24) is 10.3 Å². The van der Waals surface area contributed by atoms with Crippen molar-refractivity contribution in [3.05, 3.63) is 16.1 Å². The summed E-state index contributed by atoms with van der Waals surface area (Å²) in [6, 6.07) is 0.217. The largest absolute Gasteiger partial charge is 0.448 e. The monoisotopic (exact) mass is 229 g/mol. The number of primary amides is 1. The van der Waals surface area contributed by atoms with Crippen molar-refractivity contribution in [1.29, 1.82) is 0 Å². The first kappa shape index (κ1) is 11.9. The van der Waals surface area contributed by atoms with Gasteiger partial charge in [0.2, 0.25) is 0 Å². The van der Waals surface area contributed by atoms with Crippen LogP contribution in [0, 0.1) is 6.92 Å². The SMILES string of the molecule is Cc1ncsc1C(C)NCCOC(N)=O. The Hall–Kier alpha value is -1.14. The van der Waals surface area contributed by atoms with Crippen LogP contribution < -0.4 is 11.1 Å². The number of aryl methyl sites for hydroxylation is 1. The minimum absolute atomic E-state index is 0.217. The number of hydrogen-bond acceptors (Lipinski definition) is 5. The number of aromatic nitrogens is 1. The van der Waals surface area contributed by atoms with E-state index in [0.29, 0.717) is 6.54 Å². The average Bonchev–Trinajstić information content (AvgIpc) is 2.58. The van der Waals surface area contributed by atoms with Crippen LogP contribution in [-0.2, 0) is 4.74 Å². The maximum atomic E-state index is 10.3. The van der Waals surface area contributed by atoms with Crippen molar-refractivity contribution in [2.24, 2.45) is 5.73 Å². The predicted octanol–water partition coefficient (Wildman–Crippen LogP) is 1.20. The van der Waals surface area contributed by atoms with Gasteiger partial charge in [-0.05, 0) is 13.8 Å². The van der Waals surface area contributed by atoms with Crippen LogP contribution in [0.4, 0.5) is 4.79 Å². The number of nitrogens with two attached hydrogens (primary N) is 1. The Balaban J connectivity index is 2.28. The lowest BCUT2D eigenvalue weighted by molar-refractivity contribution is 0.156. The quantitative estimate of drug-likeness (QED) is 0.744. The molecule has 1 amide bonds. The molecule has 5 nitrogen and oxygen atoms in total. The first-order valence-electron chi connectivity index (χ1n) is 4.67. The molecule has 1 atom stereocenters. The molecule has 1 aromatic heterocycles. The highest BCUT2D eigenvalue weighted by atomic mass is 32.1. The van der Waals surface area contributed by atoms with E-state index in [1.54, 1.807) is 11.3 Å². The van der Waals surface area contributed by atoms with Gasteiger partial charge < -0.3 is 15.8 Å². The van der Waals surface area contributed by atoms with Crippen LogP contribution in [0.15, 0.2) is 5.51 Å². The smallest absolute Gasteiger partial charge is 0.404 e. The van der Waals surface area contributed by atoms with E-state index in [-0.39, 0.29) is 12.6 Å². The molecule has 3 N–H and O–H groups in total. The summed E-state index contributed by atoms with van der Waals surface area (Å²) in [5.41, 5.74) is 7.69. The van der Waals surface area contributed by atoms with E-state index in [1.165, 1.54) is 4.88 Å². The number of ether oxygens (including phenoxy) is 1. The summed E-state index contributed by atoms with van der Waals surface area (Å²) in [4.78, 5) is 15.7. The molecule has 15 heavy (non-hydrogen) atoms. The summed E-state index contributed by atoms with van der Waals surface area (Å²) in [7, 11) is 0. The minimum Gasteiger partial charge on any atom is -0.448 e. The fraction of sp³-hybridized carbons (Fsp3) is 0.556. The van der Waals surface area contributed by atoms with Gasteiger partial charge in [0.25, 0.3) is 0 Å². The van der Waals surface area contributed by atoms with Gasteiger partial charge in [-0.3, -0.25) is 0 Å². The summed E-state index contributed by atoms with van der Waals surface area (Å²) in [5.74, 6) is 0. The fourth-order valence-corrected chi connectivity index (χ4v) is 2.08. The Kier molecular flexibility index (Phi) is 4.51. The van der Waals surface area contributed by atoms with Gasteiger partial charge >= 0.3 is 6.09 Å². The maximum absolute atomic E-state index is 10.3. The van der Waals surface area contributed by atoms with Crippen molar-refractivity contribution in [3.63, 3.8) is 0 Å². The van der Waals surface area contributed by atoms with Gasteiger partial charge in [-0.15, -0.1) is 11.3 Å². The highest BCUT2D eigenvalue weighted by Gasteiger charge is 2.09. The lowest BCUT2D eigenvalue weighted by Gasteiger charge is -2.12. The second kappa shape index (κ2) is 5.67. The number of nitrogens with zero attached hydrogens (tertiary/aromatic N) is 1. The normalized spacial score (nSPS) is 12.4. The Morgan fingerprint density at radius 2 is 2.53 bits per heavy atom. The van der Waals surface area contributed by atoms with Crippen molar-refractivity contribution < 1.29 is 9.53 Å². The minimum atomic E-state index is -0.738. The Labute approximate surface area is 92.6 Å². The van der Waals surface area contributed by atoms with Gasteiger partial charge in [0.1, 0.15) is 6.61 Å². The number of carbonyl (C=O) groups is 1. The van der Waals surface area contributed by atoms with Gasteiger partial charge in [0.05, 0.1) is 11.2 Å². The maximum Gasteiger partial charge on any atom is 0.404 e. The molecule has 0 bridgehead atoms. The third-order valence-electron chi connectivity index (χ3n) is 1.97. The third-order valence-corrected chi connectivity index (χ3v) is 3.09. The predicted molar refractivity (Wildman–Crippen MR) is 58.8 cm³/mol. The molecule has 1 aromatic rings.